The minimum Gasteiger partial charge on any atom is -0.439 e. The van der Waals surface area contributed by atoms with E-state index in [1.165, 1.54) is 18.3 Å². The smallest absolute Gasteiger partial charge is 0.253 e. The number of hydrogen-bond acceptors (Lipinski definition) is 7. The van der Waals surface area contributed by atoms with Crippen LogP contribution in [-0.2, 0) is 15.3 Å². The van der Waals surface area contributed by atoms with Gasteiger partial charge in [0.2, 0.25) is 15.7 Å². The molecular weight excluding hydrogens is 488 g/mol. The highest BCUT2D eigenvalue weighted by Gasteiger charge is 2.40. The Balaban J connectivity index is 1.75. The molecule has 196 valence electrons. The van der Waals surface area contributed by atoms with E-state index in [0.29, 0.717) is 18.2 Å². The second kappa shape index (κ2) is 9.45. The highest BCUT2D eigenvalue weighted by Crippen LogP contribution is 2.39. The first kappa shape index (κ1) is 26.6. The van der Waals surface area contributed by atoms with Crippen LogP contribution >= 0.6 is 0 Å². The molecule has 0 aliphatic carbocycles. The zero-order valence-corrected chi connectivity index (χ0v) is 23.0. The number of rotatable bonds is 6. The first-order chi connectivity index (χ1) is 17.2. The van der Waals surface area contributed by atoms with E-state index in [9.17, 15) is 13.2 Å². The third-order valence-corrected chi connectivity index (χ3v) is 8.35. The number of primary amides is 1. The number of aromatic nitrogens is 2. The van der Waals surface area contributed by atoms with Gasteiger partial charge < -0.3 is 15.4 Å². The van der Waals surface area contributed by atoms with Gasteiger partial charge in [-0.3, -0.25) is 4.79 Å². The van der Waals surface area contributed by atoms with Crippen molar-refractivity contribution in [3.8, 4) is 11.6 Å². The van der Waals surface area contributed by atoms with Crippen molar-refractivity contribution in [3.63, 3.8) is 0 Å². The zero-order chi connectivity index (χ0) is 27.2. The molecule has 0 saturated carbocycles. The molecule has 4 rings (SSSR count). The summed E-state index contributed by atoms with van der Waals surface area (Å²) in [6, 6.07) is 13.4. The molecule has 8 nitrogen and oxygen atoms in total. The Bertz CT molecular complexity index is 1440. The first-order valence-corrected chi connectivity index (χ1v) is 13.8. The maximum atomic E-state index is 13.8. The molecule has 1 aliphatic rings. The lowest BCUT2D eigenvalue weighted by Gasteiger charge is -2.33. The summed E-state index contributed by atoms with van der Waals surface area (Å²) in [7, 11) is -4.22. The number of amides is 1. The van der Waals surface area contributed by atoms with Crippen LogP contribution in [0.5, 0.6) is 11.6 Å². The van der Waals surface area contributed by atoms with Gasteiger partial charge in [0, 0.05) is 24.3 Å². The molecule has 1 aliphatic heterocycles. The number of nitrogens with zero attached hydrogens (tertiary/aromatic N) is 3. The van der Waals surface area contributed by atoms with Crippen LogP contribution < -0.4 is 15.4 Å². The van der Waals surface area contributed by atoms with Gasteiger partial charge >= 0.3 is 0 Å². The van der Waals surface area contributed by atoms with E-state index < -0.39 is 15.7 Å². The predicted octanol–water partition coefficient (Wildman–Crippen LogP) is 5.12. The van der Waals surface area contributed by atoms with Gasteiger partial charge in [-0.1, -0.05) is 45.9 Å². The number of anilines is 1. The molecule has 1 aromatic carbocycles. The highest BCUT2D eigenvalue weighted by atomic mass is 32.2. The summed E-state index contributed by atoms with van der Waals surface area (Å²) in [5, 5.41) is -0.245. The number of carbonyl (C=O) groups is 1. The van der Waals surface area contributed by atoms with Crippen molar-refractivity contribution in [1.82, 2.24) is 9.97 Å². The van der Waals surface area contributed by atoms with E-state index in [1.807, 2.05) is 36.9 Å². The Labute approximate surface area is 218 Å². The van der Waals surface area contributed by atoms with Crippen molar-refractivity contribution in [2.75, 3.05) is 11.4 Å². The van der Waals surface area contributed by atoms with Crippen LogP contribution in [0.1, 0.15) is 63.9 Å². The average Bonchev–Trinajstić information content (AvgIpc) is 3.09. The van der Waals surface area contributed by atoms with Gasteiger partial charge in [0.25, 0.3) is 5.91 Å². The van der Waals surface area contributed by atoms with Gasteiger partial charge in [-0.2, -0.15) is 0 Å². The third kappa shape index (κ3) is 5.32. The topological polar surface area (TPSA) is 115 Å². The van der Waals surface area contributed by atoms with Gasteiger partial charge in [0.1, 0.15) is 17.1 Å². The SMILES string of the molecule is CC1CN(c2nccc(S(=O)(=O)c3cccc(Oc4cccc(C(C)(C)C)c4)n3)c2C(N)=O)C(C)(C)C1. The fourth-order valence-electron chi connectivity index (χ4n) is 4.92. The van der Waals surface area contributed by atoms with E-state index in [2.05, 4.69) is 37.7 Å². The molecule has 2 N–H and O–H groups in total. The number of pyridine rings is 2. The van der Waals surface area contributed by atoms with Gasteiger partial charge in [-0.15, -0.1) is 0 Å². The van der Waals surface area contributed by atoms with Gasteiger partial charge in [-0.25, -0.2) is 18.4 Å². The van der Waals surface area contributed by atoms with Crippen LogP contribution in [0.25, 0.3) is 0 Å². The number of nitrogens with two attached hydrogens (primary N) is 1. The van der Waals surface area contributed by atoms with Gasteiger partial charge in [0.15, 0.2) is 5.03 Å². The summed E-state index contributed by atoms with van der Waals surface area (Å²) in [5.74, 6) is 0.434. The second-order valence-corrected chi connectivity index (χ2v) is 13.2. The van der Waals surface area contributed by atoms with Crippen LogP contribution in [-0.4, -0.2) is 36.4 Å². The highest BCUT2D eigenvalue weighted by molar-refractivity contribution is 7.91. The Morgan fingerprint density at radius 3 is 2.46 bits per heavy atom. The molecule has 1 unspecified atom stereocenters. The van der Waals surface area contributed by atoms with Crippen LogP contribution in [0.4, 0.5) is 5.82 Å². The van der Waals surface area contributed by atoms with Gasteiger partial charge in [-0.05, 0) is 61.4 Å². The number of sulfone groups is 1. The van der Waals surface area contributed by atoms with Gasteiger partial charge in [0.05, 0.1) is 4.90 Å². The summed E-state index contributed by atoms with van der Waals surface area (Å²) in [6.45, 7) is 13.1. The lowest BCUT2D eigenvalue weighted by Crippen LogP contribution is -2.40. The van der Waals surface area contributed by atoms with Crippen LogP contribution in [0.2, 0.25) is 0 Å². The van der Waals surface area contributed by atoms with Crippen molar-refractivity contribution in [2.24, 2.45) is 11.7 Å². The number of ether oxygens (including phenoxy) is 1. The van der Waals surface area contributed by atoms with Crippen LogP contribution in [0.15, 0.2) is 64.6 Å². The molecule has 37 heavy (non-hydrogen) atoms. The molecule has 0 bridgehead atoms. The summed E-state index contributed by atoms with van der Waals surface area (Å²) in [6.07, 6.45) is 2.27. The molecule has 0 spiro atoms. The number of carbonyl (C=O) groups excluding carboxylic acids is 1. The Kier molecular flexibility index (Phi) is 6.79. The fourth-order valence-corrected chi connectivity index (χ4v) is 6.31. The molecule has 0 radical (unpaired) electrons. The molecular formula is C28H34N4O4S. The summed E-state index contributed by atoms with van der Waals surface area (Å²) in [5.41, 5.74) is 6.30. The van der Waals surface area contributed by atoms with Crippen molar-refractivity contribution in [2.45, 2.75) is 68.8 Å². The molecule has 1 saturated heterocycles. The van der Waals surface area contributed by atoms with E-state index in [1.54, 1.807) is 18.2 Å². The molecule has 3 aromatic rings. The Morgan fingerprint density at radius 1 is 1.14 bits per heavy atom. The van der Waals surface area contributed by atoms with Crippen LogP contribution in [0.3, 0.4) is 0 Å². The number of hydrogen-bond donors (Lipinski definition) is 1. The van der Waals surface area contributed by atoms with Crippen molar-refractivity contribution < 1.29 is 17.9 Å². The third-order valence-electron chi connectivity index (χ3n) is 6.65. The molecule has 2 aromatic heterocycles. The quantitative estimate of drug-likeness (QED) is 0.477. The van der Waals surface area contributed by atoms with E-state index in [0.717, 1.165) is 12.0 Å². The average molecular weight is 523 g/mol. The monoisotopic (exact) mass is 522 g/mol. The maximum absolute atomic E-state index is 13.8. The predicted molar refractivity (Wildman–Crippen MR) is 143 cm³/mol. The standard InChI is InChI=1S/C28H34N4O4S/c1-18-16-28(5,6)32(17-18)26-24(25(29)33)21(13-14-30-26)37(34,35)23-12-8-11-22(31-23)36-20-10-7-9-19(15-20)27(2,3)4/h7-15,18H,16-17H2,1-6H3,(H2,29,33). The van der Waals surface area contributed by atoms with Crippen molar-refractivity contribution >= 4 is 21.6 Å². The van der Waals surface area contributed by atoms with E-state index >= 15 is 0 Å². The largest absolute Gasteiger partial charge is 0.439 e. The number of benzene rings is 1. The van der Waals surface area contributed by atoms with Crippen molar-refractivity contribution in [3.05, 3.63) is 65.9 Å². The minimum atomic E-state index is -4.22. The molecule has 3 heterocycles. The normalized spacial score (nSPS) is 17.6. The summed E-state index contributed by atoms with van der Waals surface area (Å²) >= 11 is 0. The van der Waals surface area contributed by atoms with Crippen molar-refractivity contribution in [1.29, 1.82) is 0 Å². The van der Waals surface area contributed by atoms with Crippen LogP contribution in [0, 0.1) is 5.92 Å². The molecule has 1 amide bonds. The summed E-state index contributed by atoms with van der Waals surface area (Å²) < 4.78 is 33.5. The first-order valence-electron chi connectivity index (χ1n) is 12.3. The lowest BCUT2D eigenvalue weighted by atomic mass is 9.87. The zero-order valence-electron chi connectivity index (χ0n) is 22.1. The Morgan fingerprint density at radius 2 is 1.84 bits per heavy atom. The molecule has 1 fully saturated rings. The minimum absolute atomic E-state index is 0.0795. The fraction of sp³-hybridized carbons (Fsp3) is 0.393. The molecule has 9 heteroatoms. The summed E-state index contributed by atoms with van der Waals surface area (Å²) in [4.78, 5) is 23.1. The molecule has 1 atom stereocenters. The lowest BCUT2D eigenvalue weighted by molar-refractivity contribution is 0.0997. The van der Waals surface area contributed by atoms with E-state index in [4.69, 9.17) is 10.5 Å². The Hall–Kier alpha value is -3.46. The second-order valence-electron chi connectivity index (χ2n) is 11.3. The maximum Gasteiger partial charge on any atom is 0.253 e. The van der Waals surface area contributed by atoms with E-state index in [-0.39, 0.29) is 38.1 Å².